The average molecular weight is 379 g/mol. The van der Waals surface area contributed by atoms with Crippen LogP contribution in [0.1, 0.15) is 28.1 Å². The molecule has 144 valence electrons. The second-order valence-corrected chi connectivity index (χ2v) is 6.98. The van der Waals surface area contributed by atoms with Crippen LogP contribution in [0.2, 0.25) is 0 Å². The number of rotatable bonds is 4. The third-order valence-corrected chi connectivity index (χ3v) is 5.20. The Labute approximate surface area is 160 Å². The van der Waals surface area contributed by atoms with Gasteiger partial charge >= 0.3 is 5.97 Å². The van der Waals surface area contributed by atoms with Crippen LogP contribution in [0.25, 0.3) is 22.0 Å². The molecular weight excluding hydrogens is 358 g/mol. The van der Waals surface area contributed by atoms with Crippen molar-refractivity contribution in [1.82, 2.24) is 14.8 Å². The van der Waals surface area contributed by atoms with E-state index in [0.29, 0.717) is 22.5 Å². The van der Waals surface area contributed by atoms with E-state index in [1.54, 1.807) is 11.7 Å². The van der Waals surface area contributed by atoms with Crippen molar-refractivity contribution in [3.63, 3.8) is 0 Å². The van der Waals surface area contributed by atoms with E-state index in [0.717, 1.165) is 27.7 Å². The van der Waals surface area contributed by atoms with E-state index in [1.807, 2.05) is 45.0 Å². The van der Waals surface area contributed by atoms with E-state index in [1.165, 1.54) is 0 Å². The Morgan fingerprint density at radius 1 is 1.21 bits per heavy atom. The highest BCUT2D eigenvalue weighted by Gasteiger charge is 2.19. The number of para-hydroxylation sites is 1. The number of hydrogen-bond donors (Lipinski definition) is 1. The summed E-state index contributed by atoms with van der Waals surface area (Å²) in [5.41, 5.74) is 4.28. The number of ether oxygens (including phenoxy) is 1. The average Bonchev–Trinajstić information content (AvgIpc) is 3.13. The first kappa shape index (κ1) is 18.0. The minimum Gasteiger partial charge on any atom is -0.457 e. The lowest BCUT2D eigenvalue weighted by atomic mass is 10.0. The van der Waals surface area contributed by atoms with Gasteiger partial charge in [0.1, 0.15) is 18.0 Å². The summed E-state index contributed by atoms with van der Waals surface area (Å²) in [7, 11) is 1.74. The number of esters is 1. The van der Waals surface area contributed by atoms with Crippen molar-refractivity contribution in [2.24, 2.45) is 7.05 Å². The number of furan rings is 1. The lowest BCUT2D eigenvalue weighted by Crippen LogP contribution is -2.12. The maximum atomic E-state index is 12.5. The van der Waals surface area contributed by atoms with Crippen LogP contribution in [0.4, 0.5) is 0 Å². The smallest absolute Gasteiger partial charge is 0.310 e. The normalized spacial score (nSPS) is 11.4. The van der Waals surface area contributed by atoms with Gasteiger partial charge in [-0.05, 0) is 38.0 Å². The molecule has 0 bridgehead atoms. The van der Waals surface area contributed by atoms with Gasteiger partial charge in [-0.25, -0.2) is 4.98 Å². The van der Waals surface area contributed by atoms with E-state index >= 15 is 0 Å². The van der Waals surface area contributed by atoms with Crippen molar-refractivity contribution in [3.05, 3.63) is 62.8 Å². The largest absolute Gasteiger partial charge is 0.457 e. The van der Waals surface area contributed by atoms with E-state index in [4.69, 9.17) is 9.15 Å². The van der Waals surface area contributed by atoms with Crippen LogP contribution < -0.4 is 5.56 Å². The molecule has 7 heteroatoms. The maximum absolute atomic E-state index is 12.5. The zero-order chi connectivity index (χ0) is 20.0. The standard InChI is InChI=1S/C21H21N3O4/c1-11-14-7-5-6-8-16(14)28-17(11)10-27-18(25)9-15-12(2)19-20(22-13(15)3)24(4)23-21(19)26/h5-8H,9-10H2,1-4H3,(H,23,26). The molecule has 7 nitrogen and oxygen atoms in total. The Kier molecular flexibility index (Phi) is 4.30. The van der Waals surface area contributed by atoms with E-state index in [-0.39, 0.29) is 24.6 Å². The summed E-state index contributed by atoms with van der Waals surface area (Å²) in [6.07, 6.45) is 0.0498. The van der Waals surface area contributed by atoms with Crippen LogP contribution >= 0.6 is 0 Å². The fraction of sp³-hybridized carbons (Fsp3) is 0.286. The molecule has 4 aromatic rings. The molecule has 1 N–H and O–H groups in total. The Balaban J connectivity index is 1.56. The van der Waals surface area contributed by atoms with E-state index in [2.05, 4.69) is 10.1 Å². The van der Waals surface area contributed by atoms with E-state index < -0.39 is 0 Å². The molecular formula is C21H21N3O4. The Bertz CT molecular complexity index is 1280. The summed E-state index contributed by atoms with van der Waals surface area (Å²) in [6.45, 7) is 5.68. The number of fused-ring (bicyclic) bond motifs is 2. The highest BCUT2D eigenvalue weighted by Crippen LogP contribution is 2.26. The number of nitrogens with zero attached hydrogens (tertiary/aromatic N) is 2. The molecule has 0 saturated carbocycles. The zero-order valence-corrected chi connectivity index (χ0v) is 16.3. The van der Waals surface area contributed by atoms with Crippen LogP contribution in [0.5, 0.6) is 0 Å². The summed E-state index contributed by atoms with van der Waals surface area (Å²) in [5, 5.41) is 4.22. The molecule has 0 unspecified atom stereocenters. The number of aryl methyl sites for hydroxylation is 4. The maximum Gasteiger partial charge on any atom is 0.310 e. The summed E-state index contributed by atoms with van der Waals surface area (Å²) >= 11 is 0. The molecule has 0 saturated heterocycles. The fourth-order valence-corrected chi connectivity index (χ4v) is 3.61. The lowest BCUT2D eigenvalue weighted by molar-refractivity contribution is -0.144. The topological polar surface area (TPSA) is 90.1 Å². The van der Waals surface area contributed by atoms with Crippen molar-refractivity contribution in [1.29, 1.82) is 0 Å². The van der Waals surface area contributed by atoms with Gasteiger partial charge in [0.25, 0.3) is 5.56 Å². The molecule has 1 aromatic carbocycles. The van der Waals surface area contributed by atoms with Gasteiger partial charge in [0.05, 0.1) is 11.8 Å². The van der Waals surface area contributed by atoms with Crippen molar-refractivity contribution in [2.75, 3.05) is 0 Å². The molecule has 3 aromatic heterocycles. The first-order valence-corrected chi connectivity index (χ1v) is 9.04. The predicted molar refractivity (Wildman–Crippen MR) is 105 cm³/mol. The molecule has 0 aliphatic heterocycles. The van der Waals surface area contributed by atoms with Crippen LogP contribution in [0, 0.1) is 20.8 Å². The number of carbonyl (C=O) groups is 1. The monoisotopic (exact) mass is 379 g/mol. The predicted octanol–water partition coefficient (Wildman–Crippen LogP) is 3.22. The minimum atomic E-state index is -0.389. The Hall–Kier alpha value is -3.35. The van der Waals surface area contributed by atoms with Gasteiger partial charge in [-0.15, -0.1) is 0 Å². The zero-order valence-electron chi connectivity index (χ0n) is 16.3. The molecule has 0 spiro atoms. The van der Waals surface area contributed by atoms with E-state index in [9.17, 15) is 9.59 Å². The number of H-pyrrole nitrogens is 1. The Morgan fingerprint density at radius 2 is 1.96 bits per heavy atom. The number of hydrogen-bond acceptors (Lipinski definition) is 5. The summed E-state index contributed by atoms with van der Waals surface area (Å²) in [4.78, 5) is 29.1. The molecule has 3 heterocycles. The number of pyridine rings is 1. The first-order valence-electron chi connectivity index (χ1n) is 9.04. The van der Waals surface area contributed by atoms with Crippen molar-refractivity contribution < 1.29 is 13.9 Å². The number of aromatic amines is 1. The molecule has 0 fully saturated rings. The molecule has 0 aliphatic rings. The number of benzene rings is 1. The number of carbonyl (C=O) groups excluding carboxylic acids is 1. The van der Waals surface area contributed by atoms with Gasteiger partial charge in [-0.1, -0.05) is 18.2 Å². The summed E-state index contributed by atoms with van der Waals surface area (Å²) < 4.78 is 12.8. The van der Waals surface area contributed by atoms with Crippen LogP contribution in [0.3, 0.4) is 0 Å². The highest BCUT2D eigenvalue weighted by atomic mass is 16.5. The molecule has 4 rings (SSSR count). The second kappa shape index (κ2) is 6.67. The molecule has 0 amide bonds. The lowest BCUT2D eigenvalue weighted by Gasteiger charge is -2.10. The van der Waals surface area contributed by atoms with Crippen LogP contribution in [-0.2, 0) is 29.6 Å². The third kappa shape index (κ3) is 2.89. The van der Waals surface area contributed by atoms with Gasteiger partial charge in [0, 0.05) is 23.7 Å². The van der Waals surface area contributed by atoms with Gasteiger partial charge in [-0.2, -0.15) is 0 Å². The summed E-state index contributed by atoms with van der Waals surface area (Å²) in [6, 6.07) is 7.71. The van der Waals surface area contributed by atoms with Gasteiger partial charge in [0.15, 0.2) is 5.65 Å². The Morgan fingerprint density at radius 3 is 2.71 bits per heavy atom. The van der Waals surface area contributed by atoms with Crippen LogP contribution in [0.15, 0.2) is 33.5 Å². The number of nitrogens with one attached hydrogen (secondary N) is 1. The first-order chi connectivity index (χ1) is 13.4. The van der Waals surface area contributed by atoms with Crippen molar-refractivity contribution in [2.45, 2.75) is 33.8 Å². The molecule has 0 atom stereocenters. The van der Waals surface area contributed by atoms with Crippen molar-refractivity contribution >= 4 is 28.0 Å². The van der Waals surface area contributed by atoms with Gasteiger partial charge in [0.2, 0.25) is 0 Å². The SMILES string of the molecule is Cc1nc2c(c(C)c1CC(=O)OCc1oc3ccccc3c1C)c(=O)[nH]n2C. The molecule has 0 aliphatic carbocycles. The number of aromatic nitrogens is 3. The second-order valence-electron chi connectivity index (χ2n) is 6.98. The fourth-order valence-electron chi connectivity index (χ4n) is 3.61. The summed E-state index contributed by atoms with van der Waals surface area (Å²) in [5.74, 6) is 0.246. The van der Waals surface area contributed by atoms with Crippen LogP contribution in [-0.4, -0.2) is 20.7 Å². The highest BCUT2D eigenvalue weighted by molar-refractivity contribution is 5.83. The molecule has 0 radical (unpaired) electrons. The van der Waals surface area contributed by atoms with Gasteiger partial charge < -0.3 is 9.15 Å². The quantitative estimate of drug-likeness (QED) is 0.550. The molecule has 28 heavy (non-hydrogen) atoms. The minimum absolute atomic E-state index is 0.0498. The van der Waals surface area contributed by atoms with Gasteiger partial charge in [-0.3, -0.25) is 19.4 Å². The van der Waals surface area contributed by atoms with Crippen molar-refractivity contribution in [3.8, 4) is 0 Å². The third-order valence-electron chi connectivity index (χ3n) is 5.20.